The molecule has 1 N–H and O–H groups in total. The van der Waals surface area contributed by atoms with Gasteiger partial charge < -0.3 is 10.0 Å². The van der Waals surface area contributed by atoms with Crippen LogP contribution in [0.25, 0.3) is 5.69 Å². The normalized spacial score (nSPS) is 21.6. The van der Waals surface area contributed by atoms with Gasteiger partial charge in [0.2, 0.25) is 0 Å². The predicted molar refractivity (Wildman–Crippen MR) is 101 cm³/mol. The first-order chi connectivity index (χ1) is 13.3. The van der Waals surface area contributed by atoms with Gasteiger partial charge in [0.15, 0.2) is 5.69 Å². The highest BCUT2D eigenvalue weighted by Gasteiger charge is 2.41. The van der Waals surface area contributed by atoms with E-state index < -0.39 is 11.4 Å². The number of nitrogens with zero attached hydrogens (tertiary/aromatic N) is 3. The number of hydrogen-bond acceptors (Lipinski definition) is 3. The molecule has 2 aliphatic rings. The molecule has 148 valence electrons. The van der Waals surface area contributed by atoms with Gasteiger partial charge in [-0.1, -0.05) is 6.07 Å². The number of benzene rings is 1. The first-order valence-corrected chi connectivity index (χ1v) is 9.70. The lowest BCUT2D eigenvalue weighted by Crippen LogP contribution is -2.48. The van der Waals surface area contributed by atoms with E-state index >= 15 is 0 Å². The zero-order valence-corrected chi connectivity index (χ0v) is 16.2. The highest BCUT2D eigenvalue weighted by Crippen LogP contribution is 2.33. The average Bonchev–Trinajstić information content (AvgIpc) is 3.26. The maximum absolute atomic E-state index is 14.5. The number of aryl methyl sites for hydroxylation is 1. The van der Waals surface area contributed by atoms with Crippen LogP contribution >= 0.6 is 0 Å². The smallest absolute Gasteiger partial charge is 0.311 e. The van der Waals surface area contributed by atoms with Crippen LogP contribution in [0, 0.1) is 18.2 Å². The molecule has 6 nitrogen and oxygen atoms in total. The fourth-order valence-corrected chi connectivity index (χ4v) is 4.33. The lowest BCUT2D eigenvalue weighted by molar-refractivity contribution is -0.150. The minimum atomic E-state index is -0.942. The molecule has 1 aliphatic carbocycles. The number of carboxylic acids is 1. The number of carbonyl (C=O) groups is 2. The quantitative estimate of drug-likeness (QED) is 0.881. The van der Waals surface area contributed by atoms with E-state index in [1.54, 1.807) is 28.6 Å². The Labute approximate surface area is 163 Å². The van der Waals surface area contributed by atoms with Gasteiger partial charge in [0, 0.05) is 24.3 Å². The third-order valence-electron chi connectivity index (χ3n) is 5.96. The van der Waals surface area contributed by atoms with Crippen LogP contribution in [-0.2, 0) is 17.6 Å². The standard InChI is InChI=1S/C21H24FN3O3/c1-13-7-8-15(22)17(11-13)25-16-6-3-5-14(16)18(23-25)19(26)24-10-4-9-21(2,12-24)20(27)28/h7-8,11H,3-6,9-10,12H2,1-2H3,(H,27,28). The van der Waals surface area contributed by atoms with Gasteiger partial charge in [0.1, 0.15) is 11.5 Å². The Morgan fingerprint density at radius 1 is 1.25 bits per heavy atom. The van der Waals surface area contributed by atoms with E-state index in [9.17, 15) is 19.1 Å². The number of aromatic nitrogens is 2. The van der Waals surface area contributed by atoms with Crippen molar-refractivity contribution in [3.8, 4) is 5.69 Å². The number of rotatable bonds is 3. The van der Waals surface area contributed by atoms with E-state index in [4.69, 9.17) is 0 Å². The van der Waals surface area contributed by atoms with E-state index in [2.05, 4.69) is 5.10 Å². The van der Waals surface area contributed by atoms with Crippen LogP contribution in [0.5, 0.6) is 0 Å². The van der Waals surface area contributed by atoms with Crippen molar-refractivity contribution in [2.75, 3.05) is 13.1 Å². The molecule has 1 aromatic carbocycles. The fourth-order valence-electron chi connectivity index (χ4n) is 4.33. The van der Waals surface area contributed by atoms with Gasteiger partial charge in [-0.15, -0.1) is 0 Å². The Bertz CT molecular complexity index is 968. The number of carbonyl (C=O) groups excluding carboxylic acids is 1. The maximum atomic E-state index is 14.5. The van der Waals surface area contributed by atoms with E-state index in [0.717, 1.165) is 36.1 Å². The summed E-state index contributed by atoms with van der Waals surface area (Å²) in [6.45, 7) is 4.25. The number of aliphatic carboxylic acids is 1. The molecule has 0 radical (unpaired) electrons. The Kier molecular flexibility index (Phi) is 4.48. The Hall–Kier alpha value is -2.70. The van der Waals surface area contributed by atoms with Gasteiger partial charge in [-0.3, -0.25) is 9.59 Å². The molecule has 1 unspecified atom stereocenters. The second kappa shape index (κ2) is 6.72. The van der Waals surface area contributed by atoms with Crippen molar-refractivity contribution in [1.29, 1.82) is 0 Å². The van der Waals surface area contributed by atoms with Crippen LogP contribution in [0.3, 0.4) is 0 Å². The Morgan fingerprint density at radius 3 is 2.79 bits per heavy atom. The van der Waals surface area contributed by atoms with Crippen molar-refractivity contribution >= 4 is 11.9 Å². The lowest BCUT2D eigenvalue weighted by Gasteiger charge is -2.37. The second-order valence-corrected chi connectivity index (χ2v) is 8.19. The van der Waals surface area contributed by atoms with Crippen molar-refractivity contribution in [1.82, 2.24) is 14.7 Å². The maximum Gasteiger partial charge on any atom is 0.311 e. The summed E-state index contributed by atoms with van der Waals surface area (Å²) in [5, 5.41) is 14.0. The lowest BCUT2D eigenvalue weighted by atomic mass is 9.82. The molecule has 7 heteroatoms. The molecule has 0 spiro atoms. The van der Waals surface area contributed by atoms with Crippen molar-refractivity contribution in [3.05, 3.63) is 46.5 Å². The van der Waals surface area contributed by atoms with Crippen molar-refractivity contribution in [2.24, 2.45) is 5.41 Å². The number of carboxylic acid groups (broad SMARTS) is 1. The molecule has 0 saturated carbocycles. The van der Waals surface area contributed by atoms with Gasteiger partial charge in [0.25, 0.3) is 5.91 Å². The summed E-state index contributed by atoms with van der Waals surface area (Å²) in [6, 6.07) is 4.85. The number of hydrogen-bond donors (Lipinski definition) is 1. The highest BCUT2D eigenvalue weighted by atomic mass is 19.1. The van der Waals surface area contributed by atoms with Crippen molar-refractivity contribution < 1.29 is 19.1 Å². The molecule has 2 heterocycles. The molecule has 1 aromatic heterocycles. The first-order valence-electron chi connectivity index (χ1n) is 9.70. The third kappa shape index (κ3) is 2.99. The Morgan fingerprint density at radius 2 is 2.04 bits per heavy atom. The van der Waals surface area contributed by atoms with E-state index in [0.29, 0.717) is 30.8 Å². The number of fused-ring (bicyclic) bond motifs is 1. The Balaban J connectivity index is 1.72. The zero-order valence-electron chi connectivity index (χ0n) is 16.2. The van der Waals surface area contributed by atoms with Crippen LogP contribution in [0.2, 0.25) is 0 Å². The summed E-state index contributed by atoms with van der Waals surface area (Å²) in [4.78, 5) is 26.4. The number of piperidine rings is 1. The minimum absolute atomic E-state index is 0.168. The van der Waals surface area contributed by atoms with Crippen LogP contribution in [0.4, 0.5) is 4.39 Å². The molecule has 1 aliphatic heterocycles. The summed E-state index contributed by atoms with van der Waals surface area (Å²) in [5.74, 6) is -1.52. The monoisotopic (exact) mass is 385 g/mol. The van der Waals surface area contributed by atoms with Gasteiger partial charge in [-0.25, -0.2) is 9.07 Å². The summed E-state index contributed by atoms with van der Waals surface area (Å²) in [6.07, 6.45) is 3.56. The second-order valence-electron chi connectivity index (χ2n) is 8.19. The number of amides is 1. The topological polar surface area (TPSA) is 75.4 Å². The number of likely N-dealkylation sites (tertiary alicyclic amines) is 1. The van der Waals surface area contributed by atoms with Crippen molar-refractivity contribution in [2.45, 2.75) is 46.0 Å². The van der Waals surface area contributed by atoms with Gasteiger partial charge in [-0.05, 0) is 63.6 Å². The molecule has 1 fully saturated rings. The average molecular weight is 385 g/mol. The summed E-state index contributed by atoms with van der Waals surface area (Å²) >= 11 is 0. The molecule has 0 bridgehead atoms. The molecular formula is C21H24FN3O3. The molecule has 1 saturated heterocycles. The largest absolute Gasteiger partial charge is 0.481 e. The van der Waals surface area contributed by atoms with Gasteiger partial charge in [0.05, 0.1) is 5.41 Å². The van der Waals surface area contributed by atoms with Crippen LogP contribution < -0.4 is 0 Å². The summed E-state index contributed by atoms with van der Waals surface area (Å²) in [5.41, 5.74) is 2.41. The molecule has 1 atom stereocenters. The zero-order chi connectivity index (χ0) is 20.1. The summed E-state index contributed by atoms with van der Waals surface area (Å²) in [7, 11) is 0. The van der Waals surface area contributed by atoms with Crippen molar-refractivity contribution in [3.63, 3.8) is 0 Å². The van der Waals surface area contributed by atoms with Crippen LogP contribution in [-0.4, -0.2) is 44.8 Å². The highest BCUT2D eigenvalue weighted by molar-refractivity contribution is 5.95. The van der Waals surface area contributed by atoms with Gasteiger partial charge >= 0.3 is 5.97 Å². The molecular weight excluding hydrogens is 361 g/mol. The van der Waals surface area contributed by atoms with E-state index in [-0.39, 0.29) is 18.3 Å². The molecule has 2 aromatic rings. The molecule has 4 rings (SSSR count). The fraction of sp³-hybridized carbons (Fsp3) is 0.476. The number of halogens is 1. The molecule has 28 heavy (non-hydrogen) atoms. The third-order valence-corrected chi connectivity index (χ3v) is 5.96. The van der Waals surface area contributed by atoms with E-state index in [1.165, 1.54) is 6.07 Å². The first kappa shape index (κ1) is 18.7. The molecule has 1 amide bonds. The van der Waals surface area contributed by atoms with Crippen LogP contribution in [0.1, 0.15) is 53.5 Å². The minimum Gasteiger partial charge on any atom is -0.481 e. The van der Waals surface area contributed by atoms with Crippen LogP contribution in [0.15, 0.2) is 18.2 Å². The predicted octanol–water partition coefficient (Wildman–Crippen LogP) is 3.14. The van der Waals surface area contributed by atoms with E-state index in [1.807, 2.05) is 6.92 Å². The SMILES string of the molecule is Cc1ccc(F)c(-n2nc(C(=O)N3CCCC(C)(C(=O)O)C3)c3c2CCC3)c1. The summed E-state index contributed by atoms with van der Waals surface area (Å²) < 4.78 is 16.0. The van der Waals surface area contributed by atoms with Gasteiger partial charge in [-0.2, -0.15) is 5.10 Å².